The Hall–Kier alpha value is -3.03. The molecule has 1 aliphatic heterocycles. The highest BCUT2D eigenvalue weighted by molar-refractivity contribution is 5.79. The van der Waals surface area contributed by atoms with Crippen LogP contribution in [-0.2, 0) is 4.79 Å². The molecule has 0 radical (unpaired) electrons. The number of hydrogen-bond acceptors (Lipinski definition) is 6. The monoisotopic (exact) mass is 419 g/mol. The van der Waals surface area contributed by atoms with Crippen LogP contribution in [0, 0.1) is 5.92 Å². The lowest BCUT2D eigenvalue weighted by Gasteiger charge is -2.38. The molecule has 0 N–H and O–H groups in total. The molecule has 0 bridgehead atoms. The summed E-state index contributed by atoms with van der Waals surface area (Å²) in [5.41, 5.74) is 2.08. The third kappa shape index (κ3) is 4.11. The second-order valence-corrected chi connectivity index (χ2v) is 8.84. The van der Waals surface area contributed by atoms with Crippen LogP contribution in [0.4, 0.5) is 5.82 Å². The minimum Gasteiger partial charge on any atom is -0.355 e. The zero-order valence-corrected chi connectivity index (χ0v) is 18.0. The van der Waals surface area contributed by atoms with Crippen LogP contribution in [0.1, 0.15) is 50.0 Å². The molecular formula is C23H29N7O. The molecule has 8 heteroatoms. The number of anilines is 1. The lowest BCUT2D eigenvalue weighted by atomic mass is 9.81. The Labute approximate surface area is 182 Å². The Morgan fingerprint density at radius 1 is 0.968 bits per heavy atom. The summed E-state index contributed by atoms with van der Waals surface area (Å²) < 4.78 is 1.45. The first kappa shape index (κ1) is 19.9. The molecule has 1 saturated heterocycles. The van der Waals surface area contributed by atoms with Gasteiger partial charge in [0.15, 0.2) is 11.5 Å². The van der Waals surface area contributed by atoms with E-state index < -0.39 is 0 Å². The minimum atomic E-state index is 0.102. The van der Waals surface area contributed by atoms with Gasteiger partial charge in [0.2, 0.25) is 5.91 Å². The van der Waals surface area contributed by atoms with E-state index >= 15 is 0 Å². The largest absolute Gasteiger partial charge is 0.355 e. The fourth-order valence-electron chi connectivity index (χ4n) is 5.15. The van der Waals surface area contributed by atoms with Crippen molar-refractivity contribution in [3.63, 3.8) is 0 Å². The van der Waals surface area contributed by atoms with Gasteiger partial charge in [0.1, 0.15) is 0 Å². The van der Waals surface area contributed by atoms with E-state index in [4.69, 9.17) is 0 Å². The number of benzene rings is 1. The summed E-state index contributed by atoms with van der Waals surface area (Å²) in [6.07, 6.45) is 6.23. The smallest absolute Gasteiger partial charge is 0.225 e. The van der Waals surface area contributed by atoms with Crippen molar-refractivity contribution in [2.24, 2.45) is 5.92 Å². The molecule has 3 aromatic rings. The van der Waals surface area contributed by atoms with Gasteiger partial charge < -0.3 is 9.80 Å². The fourth-order valence-corrected chi connectivity index (χ4v) is 5.15. The van der Waals surface area contributed by atoms with E-state index in [9.17, 15) is 4.79 Å². The maximum Gasteiger partial charge on any atom is 0.225 e. The second kappa shape index (κ2) is 8.61. The minimum absolute atomic E-state index is 0.102. The van der Waals surface area contributed by atoms with Crippen LogP contribution in [-0.4, -0.2) is 62.2 Å². The summed E-state index contributed by atoms with van der Waals surface area (Å²) in [6.45, 7) is 1.65. The number of nitrogens with zero attached hydrogens (tertiary/aromatic N) is 7. The summed E-state index contributed by atoms with van der Waals surface area (Å²) in [5, 5.41) is 15.9. The van der Waals surface area contributed by atoms with Crippen molar-refractivity contribution in [2.75, 3.05) is 25.0 Å². The molecular weight excluding hydrogens is 390 g/mol. The van der Waals surface area contributed by atoms with Crippen molar-refractivity contribution in [1.82, 2.24) is 30.2 Å². The number of fused-ring (bicyclic) bond motifs is 1. The summed E-state index contributed by atoms with van der Waals surface area (Å²) in [6, 6.07) is 15.0. The van der Waals surface area contributed by atoms with Crippen molar-refractivity contribution >= 4 is 17.4 Å². The molecule has 3 heterocycles. The highest BCUT2D eigenvalue weighted by Gasteiger charge is 2.32. The SMILES string of the molecule is CN(C(=O)C1CCN(c2ccc3nnnn3n2)CC1)C1CCC(c2ccccc2)CC1. The topological polar surface area (TPSA) is 79.5 Å². The van der Waals surface area contributed by atoms with E-state index in [0.717, 1.165) is 57.4 Å². The predicted molar refractivity (Wildman–Crippen MR) is 118 cm³/mol. The van der Waals surface area contributed by atoms with Crippen molar-refractivity contribution in [1.29, 1.82) is 0 Å². The van der Waals surface area contributed by atoms with Crippen molar-refractivity contribution in [3.8, 4) is 0 Å². The van der Waals surface area contributed by atoms with Gasteiger partial charge in [-0.05, 0) is 72.6 Å². The zero-order valence-electron chi connectivity index (χ0n) is 18.0. The van der Waals surface area contributed by atoms with Crippen LogP contribution in [0.15, 0.2) is 42.5 Å². The first-order chi connectivity index (χ1) is 15.2. The van der Waals surface area contributed by atoms with E-state index in [0.29, 0.717) is 23.5 Å². The quantitative estimate of drug-likeness (QED) is 0.647. The van der Waals surface area contributed by atoms with Crippen LogP contribution >= 0.6 is 0 Å². The average Bonchev–Trinajstić information content (AvgIpc) is 3.32. The Balaban J connectivity index is 1.14. The number of piperidine rings is 1. The van der Waals surface area contributed by atoms with Gasteiger partial charge >= 0.3 is 0 Å². The Morgan fingerprint density at radius 2 is 1.71 bits per heavy atom. The average molecular weight is 420 g/mol. The molecule has 8 nitrogen and oxygen atoms in total. The molecule has 1 aliphatic carbocycles. The molecule has 31 heavy (non-hydrogen) atoms. The molecule has 162 valence electrons. The first-order valence-corrected chi connectivity index (χ1v) is 11.3. The van der Waals surface area contributed by atoms with Crippen LogP contribution < -0.4 is 4.90 Å². The number of hydrogen-bond donors (Lipinski definition) is 0. The van der Waals surface area contributed by atoms with Gasteiger partial charge in [-0.3, -0.25) is 4.79 Å². The normalized spacial score (nSPS) is 22.5. The van der Waals surface area contributed by atoms with E-state index in [1.54, 1.807) is 0 Å². The van der Waals surface area contributed by atoms with Gasteiger partial charge in [0, 0.05) is 32.1 Å². The van der Waals surface area contributed by atoms with E-state index in [2.05, 4.69) is 55.9 Å². The highest BCUT2D eigenvalue weighted by atomic mass is 16.2. The summed E-state index contributed by atoms with van der Waals surface area (Å²) in [7, 11) is 2.01. The molecule has 2 aromatic heterocycles. The number of carbonyl (C=O) groups is 1. The van der Waals surface area contributed by atoms with Crippen molar-refractivity contribution in [3.05, 3.63) is 48.0 Å². The van der Waals surface area contributed by atoms with Crippen LogP contribution in [0.3, 0.4) is 0 Å². The third-order valence-corrected chi connectivity index (χ3v) is 7.09. The molecule has 0 unspecified atom stereocenters. The van der Waals surface area contributed by atoms with Crippen LogP contribution in [0.5, 0.6) is 0 Å². The zero-order chi connectivity index (χ0) is 21.2. The molecule has 1 aromatic carbocycles. The molecule has 0 spiro atoms. The lowest BCUT2D eigenvalue weighted by Crippen LogP contribution is -2.46. The summed E-state index contributed by atoms with van der Waals surface area (Å²) >= 11 is 0. The molecule has 2 aliphatic rings. The van der Waals surface area contributed by atoms with Gasteiger partial charge in [-0.2, -0.15) is 0 Å². The maximum atomic E-state index is 13.2. The van der Waals surface area contributed by atoms with Crippen molar-refractivity contribution < 1.29 is 4.79 Å². The van der Waals surface area contributed by atoms with Crippen LogP contribution in [0.2, 0.25) is 0 Å². The molecule has 1 saturated carbocycles. The van der Waals surface area contributed by atoms with Gasteiger partial charge in [0.05, 0.1) is 0 Å². The fraction of sp³-hybridized carbons (Fsp3) is 0.522. The Kier molecular flexibility index (Phi) is 5.53. The standard InChI is InChI=1S/C23H29N7O/c1-28(20-9-7-18(8-10-20)17-5-3-2-4-6-17)23(31)19-13-15-29(16-14-19)22-12-11-21-24-26-27-30(21)25-22/h2-6,11-12,18-20H,7-10,13-16H2,1H3. The van der Waals surface area contributed by atoms with E-state index in [1.165, 1.54) is 10.2 Å². The first-order valence-electron chi connectivity index (χ1n) is 11.3. The molecule has 5 rings (SSSR count). The number of rotatable bonds is 4. The number of carbonyl (C=O) groups excluding carboxylic acids is 1. The lowest BCUT2D eigenvalue weighted by molar-refractivity contribution is -0.137. The van der Waals surface area contributed by atoms with E-state index in [1.807, 2.05) is 24.1 Å². The third-order valence-electron chi connectivity index (χ3n) is 7.09. The number of tetrazole rings is 1. The highest BCUT2D eigenvalue weighted by Crippen LogP contribution is 2.35. The molecule has 0 atom stereocenters. The van der Waals surface area contributed by atoms with Crippen molar-refractivity contribution in [2.45, 2.75) is 50.5 Å². The van der Waals surface area contributed by atoms with Crippen LogP contribution in [0.25, 0.3) is 5.65 Å². The predicted octanol–water partition coefficient (Wildman–Crippen LogP) is 2.92. The molecule has 2 fully saturated rings. The summed E-state index contributed by atoms with van der Waals surface area (Å²) in [4.78, 5) is 17.5. The Bertz CT molecular complexity index is 1020. The maximum absolute atomic E-state index is 13.2. The summed E-state index contributed by atoms with van der Waals surface area (Å²) in [5.74, 6) is 1.91. The molecule has 1 amide bonds. The van der Waals surface area contributed by atoms with Gasteiger partial charge in [-0.1, -0.05) is 30.3 Å². The van der Waals surface area contributed by atoms with Gasteiger partial charge in [0.25, 0.3) is 0 Å². The van der Waals surface area contributed by atoms with E-state index in [-0.39, 0.29) is 5.92 Å². The second-order valence-electron chi connectivity index (χ2n) is 8.84. The Morgan fingerprint density at radius 3 is 2.45 bits per heavy atom. The number of amides is 1. The number of aromatic nitrogens is 5. The van der Waals surface area contributed by atoms with Gasteiger partial charge in [-0.15, -0.1) is 14.8 Å². The van der Waals surface area contributed by atoms with Gasteiger partial charge in [-0.25, -0.2) is 0 Å².